The van der Waals surface area contributed by atoms with Gasteiger partial charge in [-0.05, 0) is 103 Å². The summed E-state index contributed by atoms with van der Waals surface area (Å²) in [6, 6.07) is 11.1. The van der Waals surface area contributed by atoms with Crippen molar-refractivity contribution >= 4 is 11.9 Å². The minimum atomic E-state index is -0.344. The van der Waals surface area contributed by atoms with Crippen LogP contribution in [0.15, 0.2) is 42.5 Å². The number of allylic oxidation sites excluding steroid dienone is 1. The quantitative estimate of drug-likeness (QED) is 0.337. The van der Waals surface area contributed by atoms with Crippen molar-refractivity contribution in [1.82, 2.24) is 0 Å². The second kappa shape index (κ2) is 10.0. The van der Waals surface area contributed by atoms with Crippen LogP contribution in [0.5, 0.6) is 17.2 Å². The summed E-state index contributed by atoms with van der Waals surface area (Å²) in [5.74, 6) is 2.20. The SMILES string of the molecule is CCCOc1ccc(C(=O)/C=C/c2cc(OC(C)(C)C)c(C)c(OC(C)(C)C)c2)cc1. The third kappa shape index (κ3) is 8.12. The first-order valence-corrected chi connectivity index (χ1v) is 10.9. The van der Waals surface area contributed by atoms with E-state index in [2.05, 4.69) is 6.92 Å². The first-order chi connectivity index (χ1) is 14.4. The first kappa shape index (κ1) is 24.5. The van der Waals surface area contributed by atoms with Crippen molar-refractivity contribution in [1.29, 1.82) is 0 Å². The van der Waals surface area contributed by atoms with Gasteiger partial charge < -0.3 is 14.2 Å². The zero-order valence-electron chi connectivity index (χ0n) is 20.2. The summed E-state index contributed by atoms with van der Waals surface area (Å²) < 4.78 is 17.9. The molecule has 0 amide bonds. The van der Waals surface area contributed by atoms with E-state index in [9.17, 15) is 4.79 Å². The molecule has 2 aromatic carbocycles. The maximum atomic E-state index is 12.6. The molecule has 0 aromatic heterocycles. The molecule has 0 spiro atoms. The van der Waals surface area contributed by atoms with Gasteiger partial charge in [0.25, 0.3) is 0 Å². The van der Waals surface area contributed by atoms with Crippen molar-refractivity contribution < 1.29 is 19.0 Å². The third-order valence-electron chi connectivity index (χ3n) is 4.21. The molecule has 0 saturated carbocycles. The molecule has 0 fully saturated rings. The summed E-state index contributed by atoms with van der Waals surface area (Å²) in [5.41, 5.74) is 1.72. The number of ketones is 1. The lowest BCUT2D eigenvalue weighted by Gasteiger charge is -2.27. The highest BCUT2D eigenvalue weighted by atomic mass is 16.5. The number of hydrogen-bond acceptors (Lipinski definition) is 4. The molecule has 0 bridgehead atoms. The van der Waals surface area contributed by atoms with Crippen LogP contribution in [-0.2, 0) is 0 Å². The Morgan fingerprint density at radius 1 is 0.903 bits per heavy atom. The van der Waals surface area contributed by atoms with Gasteiger partial charge in [0.2, 0.25) is 0 Å². The normalized spacial score (nSPS) is 12.1. The number of rotatable bonds is 8. The van der Waals surface area contributed by atoms with Crippen LogP contribution in [0.4, 0.5) is 0 Å². The van der Waals surface area contributed by atoms with Crippen LogP contribution < -0.4 is 14.2 Å². The fourth-order valence-corrected chi connectivity index (χ4v) is 2.85. The zero-order valence-corrected chi connectivity index (χ0v) is 20.2. The highest BCUT2D eigenvalue weighted by molar-refractivity contribution is 6.06. The standard InChI is InChI=1S/C27H36O4/c1-9-16-29-22-13-11-21(12-14-22)23(28)15-10-20-17-24(30-26(3,4)5)19(2)25(18-20)31-27(6,7)8/h10-15,17-18H,9,16H2,1-8H3/b15-10+. The first-order valence-electron chi connectivity index (χ1n) is 10.9. The van der Waals surface area contributed by atoms with Gasteiger partial charge in [0.05, 0.1) is 6.61 Å². The Morgan fingerprint density at radius 2 is 1.42 bits per heavy atom. The highest BCUT2D eigenvalue weighted by Gasteiger charge is 2.19. The minimum absolute atomic E-state index is 0.0702. The van der Waals surface area contributed by atoms with Crippen molar-refractivity contribution in [2.45, 2.75) is 73.0 Å². The van der Waals surface area contributed by atoms with Gasteiger partial charge in [-0.15, -0.1) is 0 Å². The Kier molecular flexibility index (Phi) is 7.94. The molecular formula is C27H36O4. The summed E-state index contributed by atoms with van der Waals surface area (Å²) in [4.78, 5) is 12.6. The smallest absolute Gasteiger partial charge is 0.185 e. The van der Waals surface area contributed by atoms with Gasteiger partial charge in [0.1, 0.15) is 28.5 Å². The maximum absolute atomic E-state index is 12.6. The highest BCUT2D eigenvalue weighted by Crippen LogP contribution is 2.34. The number of ether oxygens (including phenoxy) is 3. The lowest BCUT2D eigenvalue weighted by atomic mass is 10.1. The Morgan fingerprint density at radius 3 is 1.87 bits per heavy atom. The Labute approximate surface area is 187 Å². The van der Waals surface area contributed by atoms with E-state index in [-0.39, 0.29) is 17.0 Å². The molecule has 0 radical (unpaired) electrons. The van der Waals surface area contributed by atoms with Gasteiger partial charge in [0.15, 0.2) is 5.78 Å². The fraction of sp³-hybridized carbons (Fsp3) is 0.444. The van der Waals surface area contributed by atoms with E-state index >= 15 is 0 Å². The molecule has 0 saturated heterocycles. The van der Waals surface area contributed by atoms with E-state index in [0.29, 0.717) is 12.2 Å². The maximum Gasteiger partial charge on any atom is 0.185 e. The number of benzene rings is 2. The number of carbonyl (C=O) groups is 1. The van der Waals surface area contributed by atoms with Crippen molar-refractivity contribution in [3.05, 3.63) is 59.2 Å². The van der Waals surface area contributed by atoms with Crippen LogP contribution in [-0.4, -0.2) is 23.6 Å². The topological polar surface area (TPSA) is 44.8 Å². The average Bonchev–Trinajstić information content (AvgIpc) is 2.66. The summed E-state index contributed by atoms with van der Waals surface area (Å²) in [6.45, 7) is 16.8. The molecule has 0 unspecified atom stereocenters. The third-order valence-corrected chi connectivity index (χ3v) is 4.21. The van der Waals surface area contributed by atoms with Gasteiger partial charge in [-0.3, -0.25) is 4.79 Å². The number of carbonyl (C=O) groups excluding carboxylic acids is 1. The summed E-state index contributed by atoms with van der Waals surface area (Å²) in [7, 11) is 0. The van der Waals surface area contributed by atoms with E-state index in [0.717, 1.165) is 34.8 Å². The molecule has 168 valence electrons. The predicted octanol–water partition coefficient (Wildman–Crippen LogP) is 7.03. The lowest BCUT2D eigenvalue weighted by Crippen LogP contribution is -2.25. The van der Waals surface area contributed by atoms with Crippen molar-refractivity contribution in [3.63, 3.8) is 0 Å². The van der Waals surface area contributed by atoms with Crippen molar-refractivity contribution in [2.75, 3.05) is 6.61 Å². The molecule has 31 heavy (non-hydrogen) atoms. The van der Waals surface area contributed by atoms with Gasteiger partial charge >= 0.3 is 0 Å². The van der Waals surface area contributed by atoms with E-state index < -0.39 is 0 Å². The molecule has 4 nitrogen and oxygen atoms in total. The average molecular weight is 425 g/mol. The molecule has 0 aliphatic rings. The second-order valence-electron chi connectivity index (χ2n) is 9.64. The Hall–Kier alpha value is -2.75. The van der Waals surface area contributed by atoms with Gasteiger partial charge in [-0.25, -0.2) is 0 Å². The van der Waals surface area contributed by atoms with E-state index in [1.165, 1.54) is 0 Å². The fourth-order valence-electron chi connectivity index (χ4n) is 2.85. The molecule has 0 heterocycles. The van der Waals surface area contributed by atoms with Gasteiger partial charge in [-0.1, -0.05) is 13.0 Å². The van der Waals surface area contributed by atoms with Crippen LogP contribution in [0.2, 0.25) is 0 Å². The van der Waals surface area contributed by atoms with Gasteiger partial charge in [-0.2, -0.15) is 0 Å². The Bertz CT molecular complexity index is 873. The number of hydrogen-bond donors (Lipinski definition) is 0. The molecule has 0 aliphatic heterocycles. The molecule has 2 aromatic rings. The predicted molar refractivity (Wildman–Crippen MR) is 128 cm³/mol. The molecule has 0 atom stereocenters. The summed E-state index contributed by atoms with van der Waals surface area (Å²) in [5, 5.41) is 0. The van der Waals surface area contributed by atoms with E-state index in [1.807, 2.05) is 72.7 Å². The van der Waals surface area contributed by atoms with Crippen LogP contribution in [0.1, 0.15) is 76.4 Å². The lowest BCUT2D eigenvalue weighted by molar-refractivity contribution is 0.104. The zero-order chi connectivity index (χ0) is 23.2. The summed E-state index contributed by atoms with van der Waals surface area (Å²) >= 11 is 0. The second-order valence-corrected chi connectivity index (χ2v) is 9.64. The van der Waals surface area contributed by atoms with Crippen molar-refractivity contribution in [2.24, 2.45) is 0 Å². The minimum Gasteiger partial charge on any atom is -0.494 e. The van der Waals surface area contributed by atoms with Gasteiger partial charge in [0, 0.05) is 11.1 Å². The Balaban J connectivity index is 2.29. The van der Waals surface area contributed by atoms with Crippen LogP contribution in [0, 0.1) is 6.92 Å². The van der Waals surface area contributed by atoms with Crippen molar-refractivity contribution in [3.8, 4) is 17.2 Å². The monoisotopic (exact) mass is 424 g/mol. The largest absolute Gasteiger partial charge is 0.494 e. The molecule has 0 aliphatic carbocycles. The summed E-state index contributed by atoms with van der Waals surface area (Å²) in [6.07, 6.45) is 4.32. The molecule has 2 rings (SSSR count). The molecular weight excluding hydrogens is 388 g/mol. The van der Waals surface area contributed by atoms with Crippen LogP contribution in [0.25, 0.3) is 6.08 Å². The van der Waals surface area contributed by atoms with E-state index in [4.69, 9.17) is 14.2 Å². The van der Waals surface area contributed by atoms with Crippen LogP contribution in [0.3, 0.4) is 0 Å². The molecule has 4 heteroatoms. The molecule has 0 N–H and O–H groups in total. The van der Waals surface area contributed by atoms with E-state index in [1.54, 1.807) is 24.3 Å². The van der Waals surface area contributed by atoms with Crippen LogP contribution >= 0.6 is 0 Å².